The second-order valence-corrected chi connectivity index (χ2v) is 5.28. The summed E-state index contributed by atoms with van der Waals surface area (Å²) in [6, 6.07) is 6.07. The number of urea groups is 1. The molecule has 0 saturated carbocycles. The number of halogens is 5. The lowest BCUT2D eigenvalue weighted by atomic mass is 10.2. The Balaban J connectivity index is 2.16. The lowest BCUT2D eigenvalue weighted by molar-refractivity contribution is -0.137. The predicted molar refractivity (Wildman–Crippen MR) is 82.2 cm³/mol. The molecule has 4 nitrogen and oxygen atoms in total. The van der Waals surface area contributed by atoms with E-state index in [0.29, 0.717) is 6.07 Å². The molecule has 0 saturated heterocycles. The van der Waals surface area contributed by atoms with Crippen LogP contribution in [-0.2, 0) is 6.18 Å². The zero-order valence-electron chi connectivity index (χ0n) is 11.2. The van der Waals surface area contributed by atoms with Gasteiger partial charge in [-0.1, -0.05) is 23.2 Å². The van der Waals surface area contributed by atoms with Crippen molar-refractivity contribution < 1.29 is 23.1 Å². The molecule has 0 atom stereocenters. The SMILES string of the molecule is O=C(Nc1ccc(Cl)c(C(F)(F)F)c1)Nc1cc(Cl)ccc1O. The van der Waals surface area contributed by atoms with E-state index in [1.807, 2.05) is 0 Å². The zero-order chi connectivity index (χ0) is 17.2. The van der Waals surface area contributed by atoms with Gasteiger partial charge in [0.25, 0.3) is 0 Å². The van der Waals surface area contributed by atoms with Crippen molar-refractivity contribution in [1.29, 1.82) is 0 Å². The minimum absolute atomic E-state index is 0.0139. The van der Waals surface area contributed by atoms with E-state index in [-0.39, 0.29) is 22.1 Å². The fourth-order valence-corrected chi connectivity index (χ4v) is 2.11. The normalized spacial score (nSPS) is 11.2. The molecule has 23 heavy (non-hydrogen) atoms. The number of aromatic hydroxyl groups is 1. The fourth-order valence-electron chi connectivity index (χ4n) is 1.71. The van der Waals surface area contributed by atoms with Crippen LogP contribution in [0.2, 0.25) is 10.0 Å². The molecule has 0 aliphatic rings. The highest BCUT2D eigenvalue weighted by molar-refractivity contribution is 6.31. The molecule has 0 aliphatic heterocycles. The van der Waals surface area contributed by atoms with Crippen LogP contribution in [0.15, 0.2) is 36.4 Å². The summed E-state index contributed by atoms with van der Waals surface area (Å²) < 4.78 is 38.2. The molecule has 0 fully saturated rings. The minimum Gasteiger partial charge on any atom is -0.506 e. The van der Waals surface area contributed by atoms with Crippen molar-refractivity contribution in [3.63, 3.8) is 0 Å². The van der Waals surface area contributed by atoms with Gasteiger partial charge in [-0.25, -0.2) is 4.79 Å². The quantitative estimate of drug-likeness (QED) is 0.628. The summed E-state index contributed by atoms with van der Waals surface area (Å²) in [5, 5.41) is 13.8. The average molecular weight is 365 g/mol. The number of amides is 2. The van der Waals surface area contributed by atoms with Crippen LogP contribution in [-0.4, -0.2) is 11.1 Å². The molecule has 0 heterocycles. The third-order valence-corrected chi connectivity index (χ3v) is 3.30. The zero-order valence-corrected chi connectivity index (χ0v) is 12.7. The second kappa shape index (κ2) is 6.55. The highest BCUT2D eigenvalue weighted by Crippen LogP contribution is 2.36. The molecule has 2 aromatic carbocycles. The van der Waals surface area contributed by atoms with Gasteiger partial charge in [0.15, 0.2) is 0 Å². The lowest BCUT2D eigenvalue weighted by Crippen LogP contribution is -2.20. The van der Waals surface area contributed by atoms with Crippen molar-refractivity contribution in [2.45, 2.75) is 6.18 Å². The van der Waals surface area contributed by atoms with Crippen molar-refractivity contribution in [3.8, 4) is 5.75 Å². The van der Waals surface area contributed by atoms with Crippen LogP contribution in [0.3, 0.4) is 0 Å². The van der Waals surface area contributed by atoms with Crippen LogP contribution in [0.5, 0.6) is 5.75 Å². The minimum atomic E-state index is -4.64. The van der Waals surface area contributed by atoms with Crippen molar-refractivity contribution in [1.82, 2.24) is 0 Å². The topological polar surface area (TPSA) is 61.4 Å². The van der Waals surface area contributed by atoms with Gasteiger partial charge in [-0.3, -0.25) is 0 Å². The molecule has 0 spiro atoms. The van der Waals surface area contributed by atoms with E-state index in [0.717, 1.165) is 6.07 Å². The summed E-state index contributed by atoms with van der Waals surface area (Å²) in [6.07, 6.45) is -4.64. The van der Waals surface area contributed by atoms with E-state index < -0.39 is 22.8 Å². The maximum atomic E-state index is 12.7. The molecule has 2 amide bonds. The molecule has 3 N–H and O–H groups in total. The van der Waals surface area contributed by atoms with Gasteiger partial charge in [-0.2, -0.15) is 13.2 Å². The third-order valence-electron chi connectivity index (χ3n) is 2.74. The van der Waals surface area contributed by atoms with Gasteiger partial charge in [0.05, 0.1) is 16.3 Å². The smallest absolute Gasteiger partial charge is 0.417 e. The first kappa shape index (κ1) is 17.2. The Morgan fingerprint density at radius 3 is 2.39 bits per heavy atom. The number of phenolic OH excluding ortho intramolecular Hbond substituents is 1. The van der Waals surface area contributed by atoms with Crippen molar-refractivity contribution >= 4 is 40.6 Å². The molecule has 2 rings (SSSR count). The van der Waals surface area contributed by atoms with Crippen LogP contribution >= 0.6 is 23.2 Å². The van der Waals surface area contributed by atoms with Gasteiger partial charge in [0, 0.05) is 10.7 Å². The summed E-state index contributed by atoms with van der Waals surface area (Å²) in [5.74, 6) is -0.239. The first-order chi connectivity index (χ1) is 10.7. The number of rotatable bonds is 2. The molecule has 0 radical (unpaired) electrons. The summed E-state index contributed by atoms with van der Waals surface area (Å²) in [5.41, 5.74) is -1.16. The van der Waals surface area contributed by atoms with Gasteiger partial charge in [-0.05, 0) is 36.4 Å². The average Bonchev–Trinajstić information content (AvgIpc) is 2.44. The number of nitrogens with one attached hydrogen (secondary N) is 2. The largest absolute Gasteiger partial charge is 0.506 e. The van der Waals surface area contributed by atoms with Gasteiger partial charge < -0.3 is 15.7 Å². The second-order valence-electron chi connectivity index (χ2n) is 4.43. The van der Waals surface area contributed by atoms with E-state index in [4.69, 9.17) is 23.2 Å². The van der Waals surface area contributed by atoms with E-state index in [1.165, 1.54) is 24.3 Å². The lowest BCUT2D eigenvalue weighted by Gasteiger charge is -2.13. The monoisotopic (exact) mass is 364 g/mol. The molecule has 0 unspecified atom stereocenters. The number of alkyl halides is 3. The van der Waals surface area contributed by atoms with Crippen LogP contribution < -0.4 is 10.6 Å². The highest BCUT2D eigenvalue weighted by atomic mass is 35.5. The maximum Gasteiger partial charge on any atom is 0.417 e. The van der Waals surface area contributed by atoms with E-state index >= 15 is 0 Å². The first-order valence-corrected chi connectivity index (χ1v) is 6.85. The molecule has 0 bridgehead atoms. The number of benzene rings is 2. The molecule has 122 valence electrons. The summed E-state index contributed by atoms with van der Waals surface area (Å²) in [4.78, 5) is 11.8. The Kier molecular flexibility index (Phi) is 4.91. The Morgan fingerprint density at radius 2 is 1.74 bits per heavy atom. The van der Waals surface area contributed by atoms with Crippen molar-refractivity contribution in [3.05, 3.63) is 52.0 Å². The molecule has 0 aromatic heterocycles. The van der Waals surface area contributed by atoms with E-state index in [1.54, 1.807) is 0 Å². The Morgan fingerprint density at radius 1 is 1.04 bits per heavy atom. The molecule has 2 aromatic rings. The number of phenols is 1. The Hall–Kier alpha value is -2.12. The number of carbonyl (C=O) groups is 1. The maximum absolute atomic E-state index is 12.7. The predicted octanol–water partition coefficient (Wildman–Crippen LogP) is 5.36. The third kappa shape index (κ3) is 4.43. The molecule has 9 heteroatoms. The van der Waals surface area contributed by atoms with E-state index in [2.05, 4.69) is 10.6 Å². The summed E-state index contributed by atoms with van der Waals surface area (Å²) >= 11 is 11.2. The van der Waals surface area contributed by atoms with Gasteiger partial charge >= 0.3 is 12.2 Å². The Bertz CT molecular complexity index is 751. The number of carbonyl (C=O) groups excluding carboxylic acids is 1. The standard InChI is InChI=1S/C14H9Cl2F3N2O2/c15-7-1-4-12(22)11(5-7)21-13(23)20-8-2-3-10(16)9(6-8)14(17,18)19/h1-6,22H,(H2,20,21,23). The number of hydrogen-bond acceptors (Lipinski definition) is 2. The number of hydrogen-bond donors (Lipinski definition) is 3. The van der Waals surface area contributed by atoms with Crippen LogP contribution in [0.1, 0.15) is 5.56 Å². The highest BCUT2D eigenvalue weighted by Gasteiger charge is 2.33. The van der Waals surface area contributed by atoms with Gasteiger partial charge in [0.2, 0.25) is 0 Å². The van der Waals surface area contributed by atoms with Crippen LogP contribution in [0, 0.1) is 0 Å². The van der Waals surface area contributed by atoms with Crippen LogP contribution in [0.4, 0.5) is 29.3 Å². The Labute approximate surface area is 138 Å². The van der Waals surface area contributed by atoms with E-state index in [9.17, 15) is 23.1 Å². The summed E-state index contributed by atoms with van der Waals surface area (Å²) in [6.45, 7) is 0. The molecular weight excluding hydrogens is 356 g/mol. The summed E-state index contributed by atoms with van der Waals surface area (Å²) in [7, 11) is 0. The molecular formula is C14H9Cl2F3N2O2. The fraction of sp³-hybridized carbons (Fsp3) is 0.0714. The van der Waals surface area contributed by atoms with Gasteiger partial charge in [0.1, 0.15) is 5.75 Å². The van der Waals surface area contributed by atoms with Crippen molar-refractivity contribution in [2.24, 2.45) is 0 Å². The molecule has 0 aliphatic carbocycles. The van der Waals surface area contributed by atoms with Gasteiger partial charge in [-0.15, -0.1) is 0 Å². The van der Waals surface area contributed by atoms with Crippen LogP contribution in [0.25, 0.3) is 0 Å². The number of anilines is 2. The first-order valence-electron chi connectivity index (χ1n) is 6.10. The van der Waals surface area contributed by atoms with Crippen molar-refractivity contribution in [2.75, 3.05) is 10.6 Å².